The van der Waals surface area contributed by atoms with Gasteiger partial charge in [-0.15, -0.1) is 11.6 Å². The standard InChI is InChI=1S/C32H46Cl2N2O5S/c1-4-5-6-7-8-9-10-11-12-13-14-15-19-30(33)32(34,31(38)26-20-22-29(41-3)23-21-26)42(39,40)36-28-18-16-17-27(24-28)35-25(2)37/h16-18,20-24,30,36H,4-15,19H2,1-3H3,(H,35,37). The van der Waals surface area contributed by atoms with Gasteiger partial charge in [0.15, 0.2) is 0 Å². The number of carbonyl (C=O) groups excluding carboxylic acids is 2. The average Bonchev–Trinajstić information content (AvgIpc) is 2.96. The van der Waals surface area contributed by atoms with Crippen molar-refractivity contribution in [2.24, 2.45) is 0 Å². The first-order chi connectivity index (χ1) is 20.0. The number of rotatable bonds is 21. The molecule has 0 heterocycles. The van der Waals surface area contributed by atoms with E-state index in [1.54, 1.807) is 24.3 Å². The predicted octanol–water partition coefficient (Wildman–Crippen LogP) is 8.91. The van der Waals surface area contributed by atoms with E-state index in [1.807, 2.05) is 0 Å². The monoisotopic (exact) mass is 640 g/mol. The maximum absolute atomic E-state index is 13.8. The van der Waals surface area contributed by atoms with Crippen molar-refractivity contribution < 1.29 is 22.7 Å². The Bertz CT molecular complexity index is 1220. The van der Waals surface area contributed by atoms with Crippen LogP contribution in [-0.4, -0.2) is 36.8 Å². The van der Waals surface area contributed by atoms with Crippen molar-refractivity contribution in [2.75, 3.05) is 17.1 Å². The fourth-order valence-corrected chi connectivity index (χ4v) is 7.16. The van der Waals surface area contributed by atoms with Gasteiger partial charge in [-0.05, 0) is 48.9 Å². The molecular formula is C32H46Cl2N2O5S. The predicted molar refractivity (Wildman–Crippen MR) is 175 cm³/mol. The zero-order valence-electron chi connectivity index (χ0n) is 25.1. The Morgan fingerprint density at radius 1 is 0.857 bits per heavy atom. The highest BCUT2D eigenvalue weighted by atomic mass is 35.5. The molecule has 0 fully saturated rings. The summed E-state index contributed by atoms with van der Waals surface area (Å²) in [5.74, 6) is -0.614. The molecule has 0 aliphatic rings. The molecule has 0 spiro atoms. The Morgan fingerprint density at radius 3 is 1.90 bits per heavy atom. The number of sulfonamides is 1. The number of alkyl halides is 2. The minimum Gasteiger partial charge on any atom is -0.497 e. The number of methoxy groups -OCH3 is 1. The second-order valence-corrected chi connectivity index (χ2v) is 13.9. The summed E-state index contributed by atoms with van der Waals surface area (Å²) in [5, 5.41) is 1.41. The van der Waals surface area contributed by atoms with Gasteiger partial charge in [-0.25, -0.2) is 8.42 Å². The van der Waals surface area contributed by atoms with E-state index in [4.69, 9.17) is 27.9 Å². The van der Waals surface area contributed by atoms with E-state index in [9.17, 15) is 18.0 Å². The van der Waals surface area contributed by atoms with Gasteiger partial charge >= 0.3 is 0 Å². The first-order valence-electron chi connectivity index (χ1n) is 15.0. The lowest BCUT2D eigenvalue weighted by atomic mass is 10.0. The topological polar surface area (TPSA) is 102 Å². The number of anilines is 2. The Hall–Kier alpha value is -2.29. The molecular weight excluding hydrogens is 595 g/mol. The zero-order chi connectivity index (χ0) is 31.0. The second-order valence-electron chi connectivity index (χ2n) is 10.7. The number of benzene rings is 2. The van der Waals surface area contributed by atoms with Crippen molar-refractivity contribution in [3.05, 3.63) is 54.1 Å². The number of amides is 1. The Balaban J connectivity index is 2.08. The second kappa shape index (κ2) is 18.4. The molecule has 0 saturated carbocycles. The number of hydrogen-bond donors (Lipinski definition) is 2. The molecule has 42 heavy (non-hydrogen) atoms. The molecule has 2 aromatic rings. The third-order valence-electron chi connectivity index (χ3n) is 7.20. The van der Waals surface area contributed by atoms with Crippen LogP contribution in [0.5, 0.6) is 5.75 Å². The van der Waals surface area contributed by atoms with Crippen molar-refractivity contribution >= 4 is 56.3 Å². The van der Waals surface area contributed by atoms with Gasteiger partial charge in [-0.1, -0.05) is 102 Å². The minimum absolute atomic E-state index is 0.100. The summed E-state index contributed by atoms with van der Waals surface area (Å²) < 4.78 is 32.7. The van der Waals surface area contributed by atoms with Crippen molar-refractivity contribution in [3.8, 4) is 5.75 Å². The van der Waals surface area contributed by atoms with Gasteiger partial charge in [0.1, 0.15) is 5.75 Å². The molecule has 10 heteroatoms. The third-order valence-corrected chi connectivity index (χ3v) is 10.8. The van der Waals surface area contributed by atoms with Gasteiger partial charge in [-0.3, -0.25) is 14.3 Å². The normalized spacial score (nSPS) is 13.6. The number of hydrogen-bond acceptors (Lipinski definition) is 5. The number of unbranched alkanes of at least 4 members (excludes halogenated alkanes) is 11. The van der Waals surface area contributed by atoms with Crippen molar-refractivity contribution in [2.45, 2.75) is 107 Å². The van der Waals surface area contributed by atoms with Crippen molar-refractivity contribution in [3.63, 3.8) is 0 Å². The Labute approximate surface area is 262 Å². The lowest BCUT2D eigenvalue weighted by molar-refractivity contribution is -0.114. The first-order valence-corrected chi connectivity index (χ1v) is 17.3. The average molecular weight is 642 g/mol. The molecule has 0 saturated heterocycles. The van der Waals surface area contributed by atoms with Gasteiger partial charge in [0.25, 0.3) is 10.0 Å². The summed E-state index contributed by atoms with van der Waals surface area (Å²) in [7, 11) is -3.06. The number of halogens is 2. The van der Waals surface area contributed by atoms with Crippen LogP contribution < -0.4 is 14.8 Å². The van der Waals surface area contributed by atoms with E-state index < -0.39 is 25.4 Å². The summed E-state index contributed by atoms with van der Waals surface area (Å²) in [6.45, 7) is 3.58. The number of ketones is 1. The fourth-order valence-electron chi connectivity index (χ4n) is 4.82. The van der Waals surface area contributed by atoms with E-state index >= 15 is 0 Å². The molecule has 0 aliphatic carbocycles. The largest absolute Gasteiger partial charge is 0.497 e. The van der Waals surface area contributed by atoms with Crippen LogP contribution in [0.2, 0.25) is 0 Å². The van der Waals surface area contributed by atoms with E-state index in [-0.39, 0.29) is 23.6 Å². The minimum atomic E-state index is -4.56. The zero-order valence-corrected chi connectivity index (χ0v) is 27.4. The molecule has 0 aliphatic heterocycles. The molecule has 2 unspecified atom stereocenters. The number of nitrogens with one attached hydrogen (secondary N) is 2. The van der Waals surface area contributed by atoms with Gasteiger partial charge in [0, 0.05) is 18.2 Å². The van der Waals surface area contributed by atoms with E-state index in [0.717, 1.165) is 19.3 Å². The summed E-state index contributed by atoms with van der Waals surface area (Å²) in [4.78, 5) is 25.2. The summed E-state index contributed by atoms with van der Waals surface area (Å²) in [6.07, 6.45) is 14.1. The van der Waals surface area contributed by atoms with Crippen LogP contribution in [-0.2, 0) is 14.8 Å². The molecule has 1 amide bonds. The van der Waals surface area contributed by atoms with E-state index in [0.29, 0.717) is 17.9 Å². The summed E-state index contributed by atoms with van der Waals surface area (Å²) >= 11 is 13.5. The molecule has 7 nitrogen and oxygen atoms in total. The molecule has 0 aromatic heterocycles. The summed E-state index contributed by atoms with van der Waals surface area (Å²) in [6, 6.07) is 12.2. The number of Topliss-reactive ketones (excluding diaryl/α,β-unsaturated/α-hetero) is 1. The quantitative estimate of drug-likeness (QED) is 0.0805. The van der Waals surface area contributed by atoms with Crippen molar-refractivity contribution in [1.29, 1.82) is 0 Å². The SMILES string of the molecule is CCCCCCCCCCCCCCC(Cl)C(Cl)(C(=O)c1ccc(OC)cc1)S(=O)(=O)Nc1cccc(NC(C)=O)c1. The van der Waals surface area contributed by atoms with Gasteiger partial charge < -0.3 is 10.1 Å². The number of carbonyl (C=O) groups is 2. The molecule has 2 rings (SSSR count). The maximum atomic E-state index is 13.8. The van der Waals surface area contributed by atoms with Crippen LogP contribution >= 0.6 is 23.2 Å². The van der Waals surface area contributed by atoms with E-state index in [2.05, 4.69) is 17.0 Å². The van der Waals surface area contributed by atoms with Crippen LogP contribution in [0, 0.1) is 0 Å². The van der Waals surface area contributed by atoms with Crippen molar-refractivity contribution in [1.82, 2.24) is 0 Å². The smallest absolute Gasteiger partial charge is 0.261 e. The lowest BCUT2D eigenvalue weighted by Crippen LogP contribution is -2.51. The summed E-state index contributed by atoms with van der Waals surface area (Å²) in [5.41, 5.74) is 0.634. The first kappa shape index (κ1) is 35.9. The highest BCUT2D eigenvalue weighted by Crippen LogP contribution is 2.39. The Kier molecular flexibility index (Phi) is 15.7. The molecule has 2 aromatic carbocycles. The van der Waals surface area contributed by atoms with Crippen LogP contribution in [0.3, 0.4) is 0 Å². The Morgan fingerprint density at radius 2 is 1.38 bits per heavy atom. The highest BCUT2D eigenvalue weighted by molar-refractivity contribution is 7.96. The highest BCUT2D eigenvalue weighted by Gasteiger charge is 2.55. The molecule has 2 atom stereocenters. The van der Waals surface area contributed by atoms with Crippen LogP contribution in [0.25, 0.3) is 0 Å². The molecule has 0 bridgehead atoms. The van der Waals surface area contributed by atoms with Crippen LogP contribution in [0.4, 0.5) is 11.4 Å². The van der Waals surface area contributed by atoms with Gasteiger partial charge in [-0.2, -0.15) is 0 Å². The van der Waals surface area contributed by atoms with E-state index in [1.165, 1.54) is 89.7 Å². The fraction of sp³-hybridized carbons (Fsp3) is 0.562. The van der Waals surface area contributed by atoms with Crippen LogP contribution in [0.15, 0.2) is 48.5 Å². The maximum Gasteiger partial charge on any atom is 0.261 e. The van der Waals surface area contributed by atoms with Gasteiger partial charge in [0.2, 0.25) is 15.9 Å². The lowest BCUT2D eigenvalue weighted by Gasteiger charge is -2.30. The molecule has 234 valence electrons. The van der Waals surface area contributed by atoms with Gasteiger partial charge in [0.05, 0.1) is 18.2 Å². The molecule has 0 radical (unpaired) electrons. The molecule has 2 N–H and O–H groups in total. The third kappa shape index (κ3) is 11.1. The van der Waals surface area contributed by atoms with Crippen LogP contribution in [0.1, 0.15) is 108 Å². The number of ether oxygens (including phenoxy) is 1.